The van der Waals surface area contributed by atoms with Crippen LogP contribution in [0.2, 0.25) is 0 Å². The number of hydrogen-bond acceptors (Lipinski definition) is 2. The summed E-state index contributed by atoms with van der Waals surface area (Å²) in [7, 11) is 0. The number of nitrogens with two attached hydrogens (primary N) is 1. The summed E-state index contributed by atoms with van der Waals surface area (Å²) in [4.78, 5) is 0. The van der Waals surface area contributed by atoms with Crippen LogP contribution >= 0.6 is 11.8 Å². The van der Waals surface area contributed by atoms with Gasteiger partial charge in [-0.15, -0.1) is 0 Å². The number of thioether (sulfide) groups is 1. The van der Waals surface area contributed by atoms with Crippen LogP contribution in [0.5, 0.6) is 0 Å². The van der Waals surface area contributed by atoms with Crippen molar-refractivity contribution in [3.63, 3.8) is 0 Å². The smallest absolute Gasteiger partial charge is 0.0201 e. The lowest BCUT2D eigenvalue weighted by Crippen LogP contribution is -2.41. The minimum absolute atomic E-state index is 0.433. The van der Waals surface area contributed by atoms with Gasteiger partial charge in [-0.3, -0.25) is 0 Å². The molecule has 0 aliphatic heterocycles. The highest BCUT2D eigenvalue weighted by Gasteiger charge is 2.34. The minimum Gasteiger partial charge on any atom is -0.327 e. The van der Waals surface area contributed by atoms with Gasteiger partial charge in [-0.2, -0.15) is 11.8 Å². The fourth-order valence-electron chi connectivity index (χ4n) is 2.45. The molecule has 0 amide bonds. The molecule has 96 valence electrons. The van der Waals surface area contributed by atoms with E-state index in [0.29, 0.717) is 16.7 Å². The molecule has 0 heterocycles. The highest BCUT2D eigenvalue weighted by molar-refractivity contribution is 7.99. The molecule has 3 unspecified atom stereocenters. The largest absolute Gasteiger partial charge is 0.327 e. The van der Waals surface area contributed by atoms with Gasteiger partial charge >= 0.3 is 0 Å². The van der Waals surface area contributed by atoms with Crippen LogP contribution in [-0.2, 0) is 0 Å². The van der Waals surface area contributed by atoms with Crippen molar-refractivity contribution in [2.24, 2.45) is 23.0 Å². The monoisotopic (exact) mass is 243 g/mol. The van der Waals surface area contributed by atoms with Crippen LogP contribution in [0.25, 0.3) is 0 Å². The van der Waals surface area contributed by atoms with Crippen molar-refractivity contribution in [3.05, 3.63) is 0 Å². The summed E-state index contributed by atoms with van der Waals surface area (Å²) in [5.41, 5.74) is 6.71. The van der Waals surface area contributed by atoms with Crippen LogP contribution in [0.1, 0.15) is 53.9 Å². The van der Waals surface area contributed by atoms with Gasteiger partial charge in [0.15, 0.2) is 0 Å². The van der Waals surface area contributed by atoms with Gasteiger partial charge in [-0.05, 0) is 42.3 Å². The summed E-state index contributed by atoms with van der Waals surface area (Å²) in [5, 5.41) is 0.695. The second-order valence-corrected chi connectivity index (χ2v) is 8.08. The van der Waals surface area contributed by atoms with Crippen LogP contribution in [0.3, 0.4) is 0 Å². The van der Waals surface area contributed by atoms with E-state index in [4.69, 9.17) is 5.73 Å². The second kappa shape index (κ2) is 5.77. The first-order valence-electron chi connectivity index (χ1n) is 6.68. The Bertz CT molecular complexity index is 207. The molecule has 0 aromatic rings. The molecule has 1 fully saturated rings. The zero-order chi connectivity index (χ0) is 12.3. The van der Waals surface area contributed by atoms with E-state index in [0.717, 1.165) is 11.8 Å². The van der Waals surface area contributed by atoms with E-state index in [-0.39, 0.29) is 0 Å². The van der Waals surface area contributed by atoms with Gasteiger partial charge < -0.3 is 5.73 Å². The average molecular weight is 243 g/mol. The maximum Gasteiger partial charge on any atom is 0.0201 e. The number of hydrogen-bond donors (Lipinski definition) is 1. The molecule has 0 aromatic carbocycles. The van der Waals surface area contributed by atoms with Crippen LogP contribution in [-0.4, -0.2) is 17.0 Å². The quantitative estimate of drug-likeness (QED) is 0.813. The summed E-state index contributed by atoms with van der Waals surface area (Å²) in [6.07, 6.45) is 3.86. The van der Waals surface area contributed by atoms with Crippen molar-refractivity contribution in [1.29, 1.82) is 0 Å². The Balaban J connectivity index is 2.48. The molecule has 0 bridgehead atoms. The van der Waals surface area contributed by atoms with Gasteiger partial charge in [0, 0.05) is 11.3 Å². The summed E-state index contributed by atoms with van der Waals surface area (Å²) < 4.78 is 0. The molecule has 1 rings (SSSR count). The van der Waals surface area contributed by atoms with Crippen molar-refractivity contribution in [1.82, 2.24) is 0 Å². The first-order valence-corrected chi connectivity index (χ1v) is 7.72. The SMILES string of the molecule is CC(C)CSC1CC(C(C)(C)C)CCC1N. The molecule has 16 heavy (non-hydrogen) atoms. The van der Waals surface area contributed by atoms with E-state index in [2.05, 4.69) is 46.4 Å². The molecule has 2 heteroatoms. The Morgan fingerprint density at radius 2 is 1.88 bits per heavy atom. The second-order valence-electron chi connectivity index (χ2n) is 6.81. The number of rotatable bonds is 3. The highest BCUT2D eigenvalue weighted by atomic mass is 32.2. The fourth-order valence-corrected chi connectivity index (χ4v) is 3.83. The van der Waals surface area contributed by atoms with Crippen molar-refractivity contribution in [3.8, 4) is 0 Å². The molecule has 0 aromatic heterocycles. The molecule has 1 saturated carbocycles. The van der Waals surface area contributed by atoms with E-state index in [1.165, 1.54) is 25.0 Å². The van der Waals surface area contributed by atoms with Crippen LogP contribution in [0.15, 0.2) is 0 Å². The van der Waals surface area contributed by atoms with Gasteiger partial charge in [0.2, 0.25) is 0 Å². The summed E-state index contributed by atoms with van der Waals surface area (Å²) >= 11 is 2.11. The van der Waals surface area contributed by atoms with Gasteiger partial charge in [0.25, 0.3) is 0 Å². The zero-order valence-electron chi connectivity index (χ0n) is 11.6. The van der Waals surface area contributed by atoms with E-state index >= 15 is 0 Å². The Kier molecular flexibility index (Phi) is 5.18. The Morgan fingerprint density at radius 1 is 1.25 bits per heavy atom. The van der Waals surface area contributed by atoms with Crippen molar-refractivity contribution < 1.29 is 0 Å². The molecule has 2 N–H and O–H groups in total. The summed E-state index contributed by atoms with van der Waals surface area (Å²) in [6, 6.07) is 0.433. The normalized spacial score (nSPS) is 32.1. The maximum absolute atomic E-state index is 6.25. The molecule has 1 aliphatic rings. The molecule has 0 radical (unpaired) electrons. The van der Waals surface area contributed by atoms with Crippen LogP contribution in [0, 0.1) is 17.3 Å². The fraction of sp³-hybridized carbons (Fsp3) is 1.00. The molecule has 1 aliphatic carbocycles. The van der Waals surface area contributed by atoms with E-state index < -0.39 is 0 Å². The lowest BCUT2D eigenvalue weighted by molar-refractivity contribution is 0.174. The predicted molar refractivity (Wildman–Crippen MR) is 75.9 cm³/mol. The molecule has 0 saturated heterocycles. The first kappa shape index (κ1) is 14.4. The molecular weight excluding hydrogens is 214 g/mol. The standard InChI is InChI=1S/C14H29NS/c1-10(2)9-16-13-8-11(14(3,4)5)6-7-12(13)15/h10-13H,6-9,15H2,1-5H3. The van der Waals surface area contributed by atoms with E-state index in [1.807, 2.05) is 0 Å². The molecule has 0 spiro atoms. The van der Waals surface area contributed by atoms with Gasteiger partial charge in [0.05, 0.1) is 0 Å². The third-order valence-corrected chi connectivity index (χ3v) is 5.54. The lowest BCUT2D eigenvalue weighted by atomic mass is 9.71. The topological polar surface area (TPSA) is 26.0 Å². The Morgan fingerprint density at radius 3 is 2.38 bits per heavy atom. The Hall–Kier alpha value is 0.310. The molecule has 3 atom stereocenters. The predicted octanol–water partition coefficient (Wildman–Crippen LogP) is 3.92. The summed E-state index contributed by atoms with van der Waals surface area (Å²) in [6.45, 7) is 11.7. The average Bonchev–Trinajstić information content (AvgIpc) is 2.14. The minimum atomic E-state index is 0.433. The Labute approximate surface area is 106 Å². The third-order valence-electron chi connectivity index (χ3n) is 3.71. The van der Waals surface area contributed by atoms with E-state index in [9.17, 15) is 0 Å². The third kappa shape index (κ3) is 4.29. The zero-order valence-corrected chi connectivity index (χ0v) is 12.4. The van der Waals surface area contributed by atoms with Gasteiger partial charge in [-0.25, -0.2) is 0 Å². The molecule has 1 nitrogen and oxygen atoms in total. The summed E-state index contributed by atoms with van der Waals surface area (Å²) in [5.74, 6) is 2.90. The van der Waals surface area contributed by atoms with Crippen LogP contribution < -0.4 is 5.73 Å². The van der Waals surface area contributed by atoms with Crippen LogP contribution in [0.4, 0.5) is 0 Å². The van der Waals surface area contributed by atoms with Crippen molar-refractivity contribution in [2.45, 2.75) is 65.2 Å². The van der Waals surface area contributed by atoms with Crippen molar-refractivity contribution in [2.75, 3.05) is 5.75 Å². The lowest BCUT2D eigenvalue weighted by Gasteiger charge is -2.40. The van der Waals surface area contributed by atoms with Gasteiger partial charge in [0.1, 0.15) is 0 Å². The first-order chi connectivity index (χ1) is 7.30. The van der Waals surface area contributed by atoms with Crippen molar-refractivity contribution >= 4 is 11.8 Å². The van der Waals surface area contributed by atoms with Gasteiger partial charge in [-0.1, -0.05) is 34.6 Å². The maximum atomic E-state index is 6.25. The van der Waals surface area contributed by atoms with E-state index in [1.54, 1.807) is 0 Å². The highest BCUT2D eigenvalue weighted by Crippen LogP contribution is 2.41. The molecular formula is C14H29NS.